The lowest BCUT2D eigenvalue weighted by atomic mass is 10.0. The van der Waals surface area contributed by atoms with Crippen LogP contribution in [0.15, 0.2) is 36.5 Å². The average Bonchev–Trinajstić information content (AvgIpc) is 3.03. The molecule has 5 nitrogen and oxygen atoms in total. The molecule has 0 amide bonds. The molecule has 0 fully saturated rings. The van der Waals surface area contributed by atoms with Gasteiger partial charge in [-0.2, -0.15) is 0 Å². The first-order chi connectivity index (χ1) is 12.2. The predicted octanol–water partition coefficient (Wildman–Crippen LogP) is 3.20. The third-order valence-corrected chi connectivity index (χ3v) is 4.92. The molecule has 1 aromatic carbocycles. The van der Waals surface area contributed by atoms with Crippen molar-refractivity contribution in [3.05, 3.63) is 53.3 Å². The number of ether oxygens (including phenoxy) is 1. The summed E-state index contributed by atoms with van der Waals surface area (Å²) in [5.41, 5.74) is 5.14. The summed E-state index contributed by atoms with van der Waals surface area (Å²) in [5, 5.41) is 1.15. The summed E-state index contributed by atoms with van der Waals surface area (Å²) in [6, 6.07) is 10.5. The quantitative estimate of drug-likeness (QED) is 0.795. The Morgan fingerprint density at radius 2 is 2.16 bits per heavy atom. The Hall–Kier alpha value is -2.53. The minimum Gasteiger partial charge on any atom is -0.496 e. The van der Waals surface area contributed by atoms with Crippen LogP contribution in [0.4, 0.5) is 5.82 Å². The molecule has 0 saturated heterocycles. The van der Waals surface area contributed by atoms with Gasteiger partial charge in [-0.3, -0.25) is 4.90 Å². The van der Waals surface area contributed by atoms with Gasteiger partial charge >= 0.3 is 0 Å². The zero-order chi connectivity index (χ0) is 17.4. The summed E-state index contributed by atoms with van der Waals surface area (Å²) >= 11 is 0. The summed E-state index contributed by atoms with van der Waals surface area (Å²) in [7, 11) is 5.85. The molecular formula is C20H24N4O. The van der Waals surface area contributed by atoms with Crippen LogP contribution in [-0.2, 0) is 19.5 Å². The van der Waals surface area contributed by atoms with Gasteiger partial charge in [-0.1, -0.05) is 6.07 Å². The Labute approximate surface area is 148 Å². The van der Waals surface area contributed by atoms with Crippen molar-refractivity contribution >= 4 is 16.7 Å². The highest BCUT2D eigenvalue weighted by Crippen LogP contribution is 2.29. The van der Waals surface area contributed by atoms with E-state index in [2.05, 4.69) is 52.1 Å². The Bertz CT molecular complexity index is 900. The number of fused-ring (bicyclic) bond motifs is 2. The summed E-state index contributed by atoms with van der Waals surface area (Å²) in [5.74, 6) is 2.03. The normalized spacial score (nSPS) is 14.5. The Kier molecular flexibility index (Phi) is 4.09. The maximum atomic E-state index is 5.47. The van der Waals surface area contributed by atoms with Crippen LogP contribution in [0.3, 0.4) is 0 Å². The highest BCUT2D eigenvalue weighted by molar-refractivity contribution is 5.86. The number of benzene rings is 1. The lowest BCUT2D eigenvalue weighted by Gasteiger charge is -2.30. The standard InChI is InChI=1S/C20H24N4O/c1-23(2)20-16-8-10-24(12-14(16)7-9-21-20)13-15-11-17-18(22-15)5-4-6-19(17)25-3/h4-7,9,11,22H,8,10,12-13H2,1-3H3. The molecule has 0 unspecified atom stereocenters. The lowest BCUT2D eigenvalue weighted by Crippen LogP contribution is -2.31. The van der Waals surface area contributed by atoms with Gasteiger partial charge in [0, 0.05) is 62.1 Å². The molecule has 1 aliphatic heterocycles. The second-order valence-corrected chi connectivity index (χ2v) is 6.84. The molecule has 1 N–H and O–H groups in total. The minimum atomic E-state index is 0.914. The van der Waals surface area contributed by atoms with E-state index < -0.39 is 0 Å². The smallest absolute Gasteiger partial charge is 0.131 e. The van der Waals surface area contributed by atoms with Gasteiger partial charge in [-0.15, -0.1) is 0 Å². The molecule has 0 radical (unpaired) electrons. The highest BCUT2D eigenvalue weighted by Gasteiger charge is 2.21. The molecule has 25 heavy (non-hydrogen) atoms. The Morgan fingerprint density at radius 1 is 1.28 bits per heavy atom. The number of H-pyrrole nitrogens is 1. The first kappa shape index (κ1) is 16.0. The van der Waals surface area contributed by atoms with Gasteiger partial charge in [0.15, 0.2) is 0 Å². The number of hydrogen-bond donors (Lipinski definition) is 1. The van der Waals surface area contributed by atoms with Gasteiger partial charge < -0.3 is 14.6 Å². The monoisotopic (exact) mass is 336 g/mol. The maximum absolute atomic E-state index is 5.47. The van der Waals surface area contributed by atoms with Crippen molar-refractivity contribution in [2.75, 3.05) is 32.6 Å². The molecule has 4 rings (SSSR count). The summed E-state index contributed by atoms with van der Waals surface area (Å²) in [4.78, 5) is 12.7. The number of pyridine rings is 1. The molecule has 0 bridgehead atoms. The molecule has 0 aliphatic carbocycles. The van der Waals surface area contributed by atoms with Crippen molar-refractivity contribution in [1.82, 2.24) is 14.9 Å². The van der Waals surface area contributed by atoms with E-state index in [4.69, 9.17) is 4.74 Å². The van der Waals surface area contributed by atoms with Crippen molar-refractivity contribution < 1.29 is 4.74 Å². The number of anilines is 1. The van der Waals surface area contributed by atoms with Gasteiger partial charge in [0.1, 0.15) is 11.6 Å². The topological polar surface area (TPSA) is 44.4 Å². The molecule has 5 heteroatoms. The van der Waals surface area contributed by atoms with Crippen molar-refractivity contribution in [3.8, 4) is 5.75 Å². The van der Waals surface area contributed by atoms with E-state index in [-0.39, 0.29) is 0 Å². The van der Waals surface area contributed by atoms with E-state index in [0.717, 1.165) is 48.5 Å². The zero-order valence-electron chi connectivity index (χ0n) is 15.0. The number of aromatic nitrogens is 2. The minimum absolute atomic E-state index is 0.914. The summed E-state index contributed by atoms with van der Waals surface area (Å²) < 4.78 is 5.47. The van der Waals surface area contributed by atoms with Crippen LogP contribution in [0.5, 0.6) is 5.75 Å². The van der Waals surface area contributed by atoms with Gasteiger partial charge in [0.2, 0.25) is 0 Å². The molecule has 3 aromatic rings. The van der Waals surface area contributed by atoms with Gasteiger partial charge in [-0.05, 0) is 36.2 Å². The molecule has 1 aliphatic rings. The molecule has 0 spiro atoms. The number of rotatable bonds is 4. The molecule has 130 valence electrons. The van der Waals surface area contributed by atoms with Crippen molar-refractivity contribution in [2.24, 2.45) is 0 Å². The predicted molar refractivity (Wildman–Crippen MR) is 101 cm³/mol. The van der Waals surface area contributed by atoms with E-state index in [1.54, 1.807) is 7.11 Å². The van der Waals surface area contributed by atoms with E-state index in [0.29, 0.717) is 0 Å². The fourth-order valence-electron chi connectivity index (χ4n) is 3.74. The van der Waals surface area contributed by atoms with Crippen LogP contribution in [0.25, 0.3) is 10.9 Å². The van der Waals surface area contributed by atoms with Gasteiger partial charge in [0.25, 0.3) is 0 Å². The fourth-order valence-corrected chi connectivity index (χ4v) is 3.74. The van der Waals surface area contributed by atoms with Gasteiger partial charge in [-0.25, -0.2) is 4.98 Å². The van der Waals surface area contributed by atoms with Crippen molar-refractivity contribution in [2.45, 2.75) is 19.5 Å². The van der Waals surface area contributed by atoms with Crippen molar-refractivity contribution in [3.63, 3.8) is 0 Å². The molecule has 2 aromatic heterocycles. The molecule has 0 atom stereocenters. The first-order valence-corrected chi connectivity index (χ1v) is 8.66. The number of hydrogen-bond acceptors (Lipinski definition) is 4. The molecular weight excluding hydrogens is 312 g/mol. The molecule has 0 saturated carbocycles. The Morgan fingerprint density at radius 3 is 2.96 bits per heavy atom. The second-order valence-electron chi connectivity index (χ2n) is 6.84. The SMILES string of the molecule is COc1cccc2[nH]c(CN3CCc4c(ccnc4N(C)C)C3)cc12. The number of methoxy groups -OCH3 is 1. The van der Waals surface area contributed by atoms with Gasteiger partial charge in [0.05, 0.1) is 7.11 Å². The third-order valence-electron chi connectivity index (χ3n) is 4.92. The van der Waals surface area contributed by atoms with E-state index in [1.165, 1.54) is 16.8 Å². The number of aromatic amines is 1. The summed E-state index contributed by atoms with van der Waals surface area (Å²) in [6.07, 6.45) is 2.96. The number of nitrogens with zero attached hydrogens (tertiary/aromatic N) is 3. The fraction of sp³-hybridized carbons (Fsp3) is 0.350. The van der Waals surface area contributed by atoms with E-state index in [1.807, 2.05) is 18.3 Å². The maximum Gasteiger partial charge on any atom is 0.131 e. The largest absolute Gasteiger partial charge is 0.496 e. The Balaban J connectivity index is 1.56. The van der Waals surface area contributed by atoms with Crippen LogP contribution < -0.4 is 9.64 Å². The second kappa shape index (κ2) is 6.41. The molecule has 3 heterocycles. The highest BCUT2D eigenvalue weighted by atomic mass is 16.5. The number of nitrogens with one attached hydrogen (secondary N) is 1. The first-order valence-electron chi connectivity index (χ1n) is 8.66. The van der Waals surface area contributed by atoms with Crippen LogP contribution in [0.1, 0.15) is 16.8 Å². The third kappa shape index (κ3) is 2.96. The summed E-state index contributed by atoms with van der Waals surface area (Å²) in [6.45, 7) is 2.92. The average molecular weight is 336 g/mol. The lowest BCUT2D eigenvalue weighted by molar-refractivity contribution is 0.243. The van der Waals surface area contributed by atoms with Crippen LogP contribution in [-0.4, -0.2) is 42.6 Å². The van der Waals surface area contributed by atoms with E-state index >= 15 is 0 Å². The zero-order valence-corrected chi connectivity index (χ0v) is 15.0. The van der Waals surface area contributed by atoms with Crippen LogP contribution in [0.2, 0.25) is 0 Å². The van der Waals surface area contributed by atoms with Crippen molar-refractivity contribution in [1.29, 1.82) is 0 Å². The van der Waals surface area contributed by atoms with E-state index in [9.17, 15) is 0 Å². The van der Waals surface area contributed by atoms with Crippen LogP contribution in [0, 0.1) is 0 Å². The van der Waals surface area contributed by atoms with Crippen LogP contribution >= 0.6 is 0 Å².